The van der Waals surface area contributed by atoms with E-state index in [0.29, 0.717) is 18.0 Å². The molecule has 128 valence electrons. The monoisotopic (exact) mass is 337 g/mol. The van der Waals surface area contributed by atoms with Crippen molar-refractivity contribution in [2.45, 2.75) is 20.5 Å². The molecule has 3 aromatic rings. The second-order valence-corrected chi connectivity index (χ2v) is 5.56. The molecule has 0 saturated heterocycles. The number of rotatable bonds is 5. The Morgan fingerprint density at radius 3 is 2.60 bits per heavy atom. The summed E-state index contributed by atoms with van der Waals surface area (Å²) in [4.78, 5) is 16.1. The van der Waals surface area contributed by atoms with Crippen LogP contribution < -0.4 is 15.4 Å². The Bertz CT molecular complexity index is 824. The highest BCUT2D eigenvalue weighted by atomic mass is 16.5. The number of amides is 2. The van der Waals surface area contributed by atoms with Gasteiger partial charge in [-0.15, -0.1) is 0 Å². The van der Waals surface area contributed by atoms with Gasteiger partial charge in [-0.25, -0.2) is 4.79 Å². The molecule has 3 N–H and O–H groups in total. The first kappa shape index (κ1) is 16.5. The van der Waals surface area contributed by atoms with E-state index in [0.717, 1.165) is 22.7 Å². The van der Waals surface area contributed by atoms with Crippen molar-refractivity contribution in [1.82, 2.24) is 15.2 Å². The van der Waals surface area contributed by atoms with Crippen molar-refractivity contribution < 1.29 is 9.53 Å². The summed E-state index contributed by atoms with van der Waals surface area (Å²) in [5, 5.41) is 12.4. The van der Waals surface area contributed by atoms with Gasteiger partial charge in [0.1, 0.15) is 12.4 Å². The summed E-state index contributed by atoms with van der Waals surface area (Å²) in [6, 6.07) is 10.7. The zero-order chi connectivity index (χ0) is 17.6. The molecular formula is C18H19N5O2. The molecule has 2 aromatic heterocycles. The summed E-state index contributed by atoms with van der Waals surface area (Å²) in [5.41, 5.74) is 3.91. The standard InChI is InChI=1S/C18H19N5O2/c1-12-17(13(2)23-22-12)21-18(24)20-15-5-7-16(8-6-15)25-11-14-4-3-9-19-10-14/h3-10H,11H2,1-2H3,(H,22,23)(H2,20,21,24). The average Bonchev–Trinajstić information content (AvgIpc) is 2.94. The Morgan fingerprint density at radius 1 is 1.16 bits per heavy atom. The minimum Gasteiger partial charge on any atom is -0.489 e. The van der Waals surface area contributed by atoms with Crippen LogP contribution in [-0.2, 0) is 6.61 Å². The van der Waals surface area contributed by atoms with Crippen molar-refractivity contribution in [2.24, 2.45) is 0 Å². The molecule has 0 bridgehead atoms. The molecule has 25 heavy (non-hydrogen) atoms. The van der Waals surface area contributed by atoms with Crippen molar-refractivity contribution in [3.05, 3.63) is 65.7 Å². The van der Waals surface area contributed by atoms with Gasteiger partial charge in [-0.2, -0.15) is 5.10 Å². The van der Waals surface area contributed by atoms with Gasteiger partial charge in [-0.1, -0.05) is 6.07 Å². The van der Waals surface area contributed by atoms with Crippen LogP contribution in [0.25, 0.3) is 0 Å². The van der Waals surface area contributed by atoms with Crippen LogP contribution in [0.4, 0.5) is 16.2 Å². The molecule has 0 aliphatic rings. The number of urea groups is 1. The van der Waals surface area contributed by atoms with Gasteiger partial charge in [0.25, 0.3) is 0 Å². The maximum Gasteiger partial charge on any atom is 0.323 e. The molecule has 2 amide bonds. The Labute approximate surface area is 145 Å². The third-order valence-corrected chi connectivity index (χ3v) is 3.61. The van der Waals surface area contributed by atoms with Crippen molar-refractivity contribution in [3.63, 3.8) is 0 Å². The number of anilines is 2. The van der Waals surface area contributed by atoms with E-state index >= 15 is 0 Å². The molecule has 2 heterocycles. The van der Waals surface area contributed by atoms with Gasteiger partial charge in [0.05, 0.1) is 17.1 Å². The molecular weight excluding hydrogens is 318 g/mol. The number of carbonyl (C=O) groups is 1. The third kappa shape index (κ3) is 4.35. The molecule has 7 heteroatoms. The Balaban J connectivity index is 1.54. The van der Waals surface area contributed by atoms with Crippen molar-refractivity contribution in [2.75, 3.05) is 10.6 Å². The lowest BCUT2D eigenvalue weighted by Gasteiger charge is -2.09. The van der Waals surface area contributed by atoms with E-state index < -0.39 is 0 Å². The van der Waals surface area contributed by atoms with Crippen LogP contribution in [0.2, 0.25) is 0 Å². The number of aromatic nitrogens is 3. The first-order valence-corrected chi connectivity index (χ1v) is 7.83. The largest absolute Gasteiger partial charge is 0.489 e. The average molecular weight is 337 g/mol. The maximum atomic E-state index is 12.1. The first-order valence-electron chi connectivity index (χ1n) is 7.83. The van der Waals surface area contributed by atoms with E-state index in [1.165, 1.54) is 0 Å². The predicted octanol–water partition coefficient (Wildman–Crippen LogP) is 3.64. The van der Waals surface area contributed by atoms with Crippen molar-refractivity contribution in [3.8, 4) is 5.75 Å². The number of carbonyl (C=O) groups excluding carboxylic acids is 1. The predicted molar refractivity (Wildman–Crippen MR) is 95.7 cm³/mol. The molecule has 0 aliphatic carbocycles. The molecule has 0 spiro atoms. The van der Waals surface area contributed by atoms with Crippen LogP contribution in [0, 0.1) is 13.8 Å². The fourth-order valence-corrected chi connectivity index (χ4v) is 2.30. The fraction of sp³-hybridized carbons (Fsp3) is 0.167. The van der Waals surface area contributed by atoms with Crippen LogP contribution >= 0.6 is 0 Å². The fourth-order valence-electron chi connectivity index (χ4n) is 2.30. The number of aryl methyl sites for hydroxylation is 2. The van der Waals surface area contributed by atoms with E-state index in [9.17, 15) is 4.79 Å². The highest BCUT2D eigenvalue weighted by molar-refractivity contribution is 6.00. The normalized spacial score (nSPS) is 10.3. The number of nitrogens with zero attached hydrogens (tertiary/aromatic N) is 2. The van der Waals surface area contributed by atoms with Crippen molar-refractivity contribution >= 4 is 17.4 Å². The molecule has 0 atom stereocenters. The molecule has 0 radical (unpaired) electrons. The highest BCUT2D eigenvalue weighted by Crippen LogP contribution is 2.19. The van der Waals surface area contributed by atoms with Gasteiger partial charge in [-0.05, 0) is 44.2 Å². The Hall–Kier alpha value is -3.35. The molecule has 3 rings (SSSR count). The van der Waals surface area contributed by atoms with Gasteiger partial charge >= 0.3 is 6.03 Å². The summed E-state index contributed by atoms with van der Waals surface area (Å²) >= 11 is 0. The van der Waals surface area contributed by atoms with E-state index in [1.54, 1.807) is 36.7 Å². The number of aromatic amines is 1. The number of nitrogens with one attached hydrogen (secondary N) is 3. The first-order chi connectivity index (χ1) is 12.1. The Kier molecular flexibility index (Phi) is 4.94. The zero-order valence-electron chi connectivity index (χ0n) is 14.0. The minimum absolute atomic E-state index is 0.323. The second-order valence-electron chi connectivity index (χ2n) is 5.56. The summed E-state index contributed by atoms with van der Waals surface area (Å²) in [7, 11) is 0. The molecule has 0 unspecified atom stereocenters. The summed E-state index contributed by atoms with van der Waals surface area (Å²) in [5.74, 6) is 0.719. The topological polar surface area (TPSA) is 91.9 Å². The molecule has 1 aromatic carbocycles. The zero-order valence-corrected chi connectivity index (χ0v) is 14.0. The summed E-state index contributed by atoms with van der Waals surface area (Å²) in [6.07, 6.45) is 3.49. The number of hydrogen-bond acceptors (Lipinski definition) is 4. The molecule has 7 nitrogen and oxygen atoms in total. The lowest BCUT2D eigenvalue weighted by molar-refractivity contribution is 0.262. The lowest BCUT2D eigenvalue weighted by atomic mass is 10.3. The van der Waals surface area contributed by atoms with Crippen LogP contribution in [0.1, 0.15) is 17.0 Å². The van der Waals surface area contributed by atoms with E-state index in [4.69, 9.17) is 4.74 Å². The number of benzene rings is 1. The number of pyridine rings is 1. The smallest absolute Gasteiger partial charge is 0.323 e. The summed E-state index contributed by atoms with van der Waals surface area (Å²) < 4.78 is 5.69. The highest BCUT2D eigenvalue weighted by Gasteiger charge is 2.10. The molecule has 0 saturated carbocycles. The number of ether oxygens (including phenoxy) is 1. The van der Waals surface area contributed by atoms with Gasteiger partial charge in [0.2, 0.25) is 0 Å². The van der Waals surface area contributed by atoms with Gasteiger partial charge in [-0.3, -0.25) is 10.1 Å². The third-order valence-electron chi connectivity index (χ3n) is 3.61. The quantitative estimate of drug-likeness (QED) is 0.663. The van der Waals surface area contributed by atoms with Crippen LogP contribution in [0.5, 0.6) is 5.75 Å². The van der Waals surface area contributed by atoms with Crippen LogP contribution in [0.15, 0.2) is 48.8 Å². The van der Waals surface area contributed by atoms with E-state index in [2.05, 4.69) is 25.8 Å². The van der Waals surface area contributed by atoms with E-state index in [1.807, 2.05) is 26.0 Å². The lowest BCUT2D eigenvalue weighted by Crippen LogP contribution is -2.20. The Morgan fingerprint density at radius 2 is 1.96 bits per heavy atom. The molecule has 0 fully saturated rings. The van der Waals surface area contributed by atoms with Crippen LogP contribution in [-0.4, -0.2) is 21.2 Å². The number of hydrogen-bond donors (Lipinski definition) is 3. The summed E-state index contributed by atoms with van der Waals surface area (Å²) in [6.45, 7) is 4.12. The second kappa shape index (κ2) is 7.48. The van der Waals surface area contributed by atoms with Gasteiger partial charge in [0.15, 0.2) is 0 Å². The SMILES string of the molecule is Cc1n[nH]c(C)c1NC(=O)Nc1ccc(OCc2cccnc2)cc1. The van der Waals surface area contributed by atoms with Crippen molar-refractivity contribution in [1.29, 1.82) is 0 Å². The molecule has 0 aliphatic heterocycles. The maximum absolute atomic E-state index is 12.1. The minimum atomic E-state index is -0.323. The van der Waals surface area contributed by atoms with Gasteiger partial charge < -0.3 is 15.4 Å². The van der Waals surface area contributed by atoms with E-state index in [-0.39, 0.29) is 6.03 Å². The van der Waals surface area contributed by atoms with Gasteiger partial charge in [0, 0.05) is 23.6 Å². The van der Waals surface area contributed by atoms with Crippen LogP contribution in [0.3, 0.4) is 0 Å². The number of H-pyrrole nitrogens is 1.